The van der Waals surface area contributed by atoms with Gasteiger partial charge in [-0.25, -0.2) is 0 Å². The van der Waals surface area contributed by atoms with Gasteiger partial charge in [0.05, 0.1) is 0 Å². The summed E-state index contributed by atoms with van der Waals surface area (Å²) >= 11 is 0. The van der Waals surface area contributed by atoms with E-state index in [0.29, 0.717) is 40.8 Å². The minimum atomic E-state index is 0.229. The highest BCUT2D eigenvalue weighted by Gasteiger charge is 2.61. The van der Waals surface area contributed by atoms with Gasteiger partial charge in [-0.05, 0) is 90.8 Å². The van der Waals surface area contributed by atoms with Crippen molar-refractivity contribution in [1.82, 2.24) is 0 Å². The van der Waals surface area contributed by atoms with Crippen molar-refractivity contribution < 1.29 is 4.79 Å². The molecular weight excluding hydrogens is 352 g/mol. The molecule has 0 aromatic heterocycles. The Morgan fingerprint density at radius 3 is 2.41 bits per heavy atom. The molecule has 0 amide bonds. The van der Waals surface area contributed by atoms with E-state index in [9.17, 15) is 4.79 Å². The van der Waals surface area contributed by atoms with Crippen molar-refractivity contribution in [3.8, 4) is 0 Å². The van der Waals surface area contributed by atoms with Crippen molar-refractivity contribution in [2.24, 2.45) is 58.2 Å². The van der Waals surface area contributed by atoms with E-state index in [1.54, 1.807) is 0 Å². The van der Waals surface area contributed by atoms with Gasteiger partial charge >= 0.3 is 0 Å². The zero-order valence-electron chi connectivity index (χ0n) is 19.8. The van der Waals surface area contributed by atoms with Crippen molar-refractivity contribution >= 4 is 5.78 Å². The van der Waals surface area contributed by atoms with Gasteiger partial charge in [-0.3, -0.25) is 4.79 Å². The maximum atomic E-state index is 13.2. The third-order valence-electron chi connectivity index (χ3n) is 10.5. The van der Waals surface area contributed by atoms with Gasteiger partial charge < -0.3 is 0 Å². The zero-order valence-corrected chi connectivity index (χ0v) is 19.8. The van der Waals surface area contributed by atoms with Crippen molar-refractivity contribution in [2.75, 3.05) is 0 Å². The van der Waals surface area contributed by atoms with Crippen LogP contribution in [0, 0.1) is 58.2 Å². The third kappa shape index (κ3) is 3.39. The van der Waals surface area contributed by atoms with Crippen LogP contribution in [0.4, 0.5) is 0 Å². The van der Waals surface area contributed by atoms with Gasteiger partial charge in [-0.2, -0.15) is 0 Å². The van der Waals surface area contributed by atoms with E-state index in [4.69, 9.17) is 0 Å². The number of carbonyl (C=O) groups is 1. The maximum Gasteiger partial charge on any atom is 0.137 e. The highest BCUT2D eigenvalue weighted by atomic mass is 16.1. The van der Waals surface area contributed by atoms with Crippen LogP contribution in [0.25, 0.3) is 0 Å². The molecule has 1 heteroatoms. The number of Topliss-reactive ketones (excluding diaryl/α,β-unsaturated/α-hetero) is 1. The number of rotatable bonds is 4. The lowest BCUT2D eigenvalue weighted by Crippen LogP contribution is -2.55. The zero-order chi connectivity index (χ0) is 21.0. The predicted molar refractivity (Wildman–Crippen MR) is 122 cm³/mol. The molecule has 0 aromatic rings. The molecule has 0 unspecified atom stereocenters. The summed E-state index contributed by atoms with van der Waals surface area (Å²) in [5.74, 6) is 5.87. The van der Waals surface area contributed by atoms with Gasteiger partial charge in [0.15, 0.2) is 0 Å². The summed E-state index contributed by atoms with van der Waals surface area (Å²) in [5.41, 5.74) is 0.659. The summed E-state index contributed by atoms with van der Waals surface area (Å²) < 4.78 is 0. The molecule has 0 bridgehead atoms. The normalized spacial score (nSPS) is 46.4. The quantitative estimate of drug-likeness (QED) is 0.450. The van der Waals surface area contributed by atoms with Gasteiger partial charge in [-0.15, -0.1) is 0 Å². The lowest BCUT2D eigenvalue weighted by molar-refractivity contribution is -0.149. The number of allylic oxidation sites excluding steroid dienone is 4. The van der Waals surface area contributed by atoms with Crippen LogP contribution in [-0.4, -0.2) is 5.78 Å². The molecule has 1 nitrogen and oxygen atoms in total. The van der Waals surface area contributed by atoms with Crippen LogP contribution in [0.5, 0.6) is 0 Å². The summed E-state index contributed by atoms with van der Waals surface area (Å²) in [4.78, 5) is 13.2. The van der Waals surface area contributed by atoms with Crippen LogP contribution in [0.15, 0.2) is 24.3 Å². The fourth-order valence-corrected chi connectivity index (χ4v) is 8.27. The Bertz CT molecular complexity index is 686. The summed E-state index contributed by atoms with van der Waals surface area (Å²) in [6.45, 7) is 14.5. The molecular formula is C28H44O. The van der Waals surface area contributed by atoms with Crippen molar-refractivity contribution in [3.63, 3.8) is 0 Å². The second-order valence-corrected chi connectivity index (χ2v) is 12.1. The van der Waals surface area contributed by atoms with E-state index in [1.807, 2.05) is 0 Å². The summed E-state index contributed by atoms with van der Waals surface area (Å²) in [6.07, 6.45) is 18.1. The largest absolute Gasteiger partial charge is 0.299 e. The highest BCUT2D eigenvalue weighted by Crippen LogP contribution is 2.67. The average molecular weight is 397 g/mol. The van der Waals surface area contributed by atoms with Crippen LogP contribution in [0.1, 0.15) is 86.5 Å². The van der Waals surface area contributed by atoms with Gasteiger partial charge in [-0.1, -0.05) is 65.8 Å². The summed E-state index contributed by atoms with van der Waals surface area (Å²) in [5, 5.41) is 0. The SMILES string of the molecule is CC(C)[C@@H](C)/C=C/[C@@H](C)[C@H]1CC[C@H]2[C@@H]3CC(=O)[C@H]4CC=CC[C@]4(C)[C@H]3CC[C@]12C. The topological polar surface area (TPSA) is 17.1 Å². The van der Waals surface area contributed by atoms with Gasteiger partial charge in [0.2, 0.25) is 0 Å². The second-order valence-electron chi connectivity index (χ2n) is 12.1. The smallest absolute Gasteiger partial charge is 0.137 e. The molecule has 9 atom stereocenters. The van der Waals surface area contributed by atoms with E-state index < -0.39 is 0 Å². The lowest BCUT2D eigenvalue weighted by Gasteiger charge is -2.59. The molecule has 4 rings (SSSR count). The van der Waals surface area contributed by atoms with E-state index in [1.165, 1.54) is 25.7 Å². The van der Waals surface area contributed by atoms with E-state index in [-0.39, 0.29) is 5.41 Å². The Balaban J connectivity index is 1.55. The summed E-state index contributed by atoms with van der Waals surface area (Å²) in [7, 11) is 0. The molecule has 4 aliphatic carbocycles. The standard InChI is InChI=1S/C28H44O/c1-18(2)19(3)10-11-20(4)22-12-13-23-21-17-26(29)25-9-7-8-15-27(25,5)24(21)14-16-28(22,23)6/h7-8,10-11,18-25H,9,12-17H2,1-6H3/b11-10+/t19-,20+,21-,22+,23-,24-,25+,27+,28+/m0/s1. The molecule has 0 spiro atoms. The Morgan fingerprint density at radius 1 is 0.966 bits per heavy atom. The molecule has 3 saturated carbocycles. The van der Waals surface area contributed by atoms with Gasteiger partial charge in [0.1, 0.15) is 5.78 Å². The van der Waals surface area contributed by atoms with Crippen LogP contribution in [0.2, 0.25) is 0 Å². The van der Waals surface area contributed by atoms with Crippen LogP contribution in [-0.2, 0) is 4.79 Å². The highest BCUT2D eigenvalue weighted by molar-refractivity contribution is 5.83. The first-order valence-electron chi connectivity index (χ1n) is 12.5. The van der Waals surface area contributed by atoms with Gasteiger partial charge in [0.25, 0.3) is 0 Å². The molecule has 0 heterocycles. The average Bonchev–Trinajstić information content (AvgIpc) is 3.03. The predicted octanol–water partition coefficient (Wildman–Crippen LogP) is 7.47. The van der Waals surface area contributed by atoms with Gasteiger partial charge in [0, 0.05) is 12.3 Å². The minimum Gasteiger partial charge on any atom is -0.299 e. The molecule has 0 aliphatic heterocycles. The molecule has 162 valence electrons. The first-order valence-corrected chi connectivity index (χ1v) is 12.5. The van der Waals surface area contributed by atoms with Crippen molar-refractivity contribution in [3.05, 3.63) is 24.3 Å². The molecule has 4 aliphatic rings. The molecule has 3 fully saturated rings. The first-order chi connectivity index (χ1) is 13.7. The molecule has 0 saturated heterocycles. The number of ketones is 1. The third-order valence-corrected chi connectivity index (χ3v) is 10.5. The number of carbonyl (C=O) groups excluding carboxylic acids is 1. The van der Waals surface area contributed by atoms with Crippen LogP contribution >= 0.6 is 0 Å². The molecule has 29 heavy (non-hydrogen) atoms. The van der Waals surface area contributed by atoms with Crippen molar-refractivity contribution in [2.45, 2.75) is 86.5 Å². The monoisotopic (exact) mass is 396 g/mol. The minimum absolute atomic E-state index is 0.229. The Morgan fingerprint density at radius 2 is 1.69 bits per heavy atom. The molecule has 0 radical (unpaired) electrons. The fourth-order valence-electron chi connectivity index (χ4n) is 8.27. The van der Waals surface area contributed by atoms with E-state index >= 15 is 0 Å². The maximum absolute atomic E-state index is 13.2. The fraction of sp³-hybridized carbons (Fsp3) is 0.821. The number of fused-ring (bicyclic) bond motifs is 5. The Labute approximate surface area is 179 Å². The number of hydrogen-bond acceptors (Lipinski definition) is 1. The van der Waals surface area contributed by atoms with Crippen LogP contribution in [0.3, 0.4) is 0 Å². The van der Waals surface area contributed by atoms with E-state index in [0.717, 1.165) is 37.0 Å². The molecule has 0 N–H and O–H groups in total. The lowest BCUT2D eigenvalue weighted by atomic mass is 9.45. The Kier molecular flexibility index (Phi) is 5.67. The Hall–Kier alpha value is -0.850. The van der Waals surface area contributed by atoms with E-state index in [2.05, 4.69) is 65.8 Å². The van der Waals surface area contributed by atoms with Crippen molar-refractivity contribution in [1.29, 1.82) is 0 Å². The van der Waals surface area contributed by atoms with Crippen LogP contribution < -0.4 is 0 Å². The second kappa shape index (κ2) is 7.69. The number of hydrogen-bond donors (Lipinski definition) is 0. The molecule has 0 aromatic carbocycles. The first kappa shape index (κ1) is 21.4. The summed E-state index contributed by atoms with van der Waals surface area (Å²) in [6, 6.07) is 0.